The fourth-order valence-corrected chi connectivity index (χ4v) is 2.57. The topological polar surface area (TPSA) is 38.0 Å². The zero-order valence-electron chi connectivity index (χ0n) is 6.73. The number of halogens is 1. The van der Waals surface area contributed by atoms with Crippen molar-refractivity contribution in [3.8, 4) is 0 Å². The average molecular weight is 274 g/mol. The van der Waals surface area contributed by atoms with Crippen molar-refractivity contribution in [1.29, 1.82) is 0 Å². The van der Waals surface area contributed by atoms with Crippen molar-refractivity contribution in [1.82, 2.24) is 5.32 Å². The number of hydrogen-bond acceptors (Lipinski definition) is 2. The molecule has 12 heavy (non-hydrogen) atoms. The minimum absolute atomic E-state index is 0.877. The summed E-state index contributed by atoms with van der Waals surface area (Å²) in [5, 5.41) is 3.34. The minimum Gasteiger partial charge on any atom is -0.399 e. The molecule has 0 aromatic heterocycles. The Morgan fingerprint density at radius 1 is 1.42 bits per heavy atom. The Labute approximate surface area is 85.7 Å². The number of anilines is 1. The Balaban J connectivity index is 2.53. The fraction of sp³-hybridized carbons (Fsp3) is 0.333. The van der Waals surface area contributed by atoms with Crippen molar-refractivity contribution in [2.75, 3.05) is 12.3 Å². The molecule has 0 radical (unpaired) electrons. The van der Waals surface area contributed by atoms with Crippen molar-refractivity contribution in [2.24, 2.45) is 0 Å². The largest absolute Gasteiger partial charge is 0.399 e. The molecular weight excluding hydrogens is 263 g/mol. The smallest absolute Gasteiger partial charge is 0.0328 e. The van der Waals surface area contributed by atoms with E-state index >= 15 is 0 Å². The predicted octanol–water partition coefficient (Wildman–Crippen LogP) is 1.52. The van der Waals surface area contributed by atoms with E-state index in [0.717, 1.165) is 25.2 Å². The summed E-state index contributed by atoms with van der Waals surface area (Å²) in [4.78, 5) is 0. The molecule has 1 heterocycles. The third-order valence-electron chi connectivity index (χ3n) is 2.18. The van der Waals surface area contributed by atoms with E-state index in [4.69, 9.17) is 5.73 Å². The molecule has 3 N–H and O–H groups in total. The van der Waals surface area contributed by atoms with E-state index in [-0.39, 0.29) is 0 Å². The average Bonchev–Trinajstić information content (AvgIpc) is 2.04. The van der Waals surface area contributed by atoms with Gasteiger partial charge in [0.2, 0.25) is 0 Å². The first-order chi connectivity index (χ1) is 5.77. The van der Waals surface area contributed by atoms with Crippen molar-refractivity contribution in [3.05, 3.63) is 26.8 Å². The lowest BCUT2D eigenvalue weighted by atomic mass is 10.0. The van der Waals surface area contributed by atoms with Crippen LogP contribution in [0.4, 0.5) is 5.69 Å². The Morgan fingerprint density at radius 2 is 2.25 bits per heavy atom. The third-order valence-corrected chi connectivity index (χ3v) is 3.14. The highest BCUT2D eigenvalue weighted by Crippen LogP contribution is 2.23. The van der Waals surface area contributed by atoms with Crippen LogP contribution in [0.3, 0.4) is 0 Å². The van der Waals surface area contributed by atoms with Crippen molar-refractivity contribution in [2.45, 2.75) is 13.0 Å². The monoisotopic (exact) mass is 274 g/mol. The molecule has 1 aromatic rings. The van der Waals surface area contributed by atoms with Gasteiger partial charge in [-0.25, -0.2) is 0 Å². The summed E-state index contributed by atoms with van der Waals surface area (Å²) in [6.07, 6.45) is 1.13. The highest BCUT2D eigenvalue weighted by atomic mass is 127. The first-order valence-electron chi connectivity index (χ1n) is 4.05. The van der Waals surface area contributed by atoms with Crippen LogP contribution in [0.2, 0.25) is 0 Å². The Morgan fingerprint density at radius 3 is 3.08 bits per heavy atom. The number of fused-ring (bicyclic) bond motifs is 1. The quantitative estimate of drug-likeness (QED) is 0.556. The summed E-state index contributed by atoms with van der Waals surface area (Å²) in [7, 11) is 0. The highest BCUT2D eigenvalue weighted by molar-refractivity contribution is 14.1. The molecule has 0 saturated heterocycles. The SMILES string of the molecule is Nc1cc(I)c2c(c1)CNCC2. The van der Waals surface area contributed by atoms with Gasteiger partial charge in [-0.05, 0) is 58.8 Å². The van der Waals surface area contributed by atoms with E-state index < -0.39 is 0 Å². The van der Waals surface area contributed by atoms with Crippen LogP contribution >= 0.6 is 22.6 Å². The lowest BCUT2D eigenvalue weighted by Crippen LogP contribution is -2.24. The van der Waals surface area contributed by atoms with Gasteiger partial charge in [0.05, 0.1) is 0 Å². The lowest BCUT2D eigenvalue weighted by molar-refractivity contribution is 0.642. The molecule has 0 atom stereocenters. The molecule has 0 amide bonds. The number of benzene rings is 1. The molecule has 0 bridgehead atoms. The zero-order valence-corrected chi connectivity index (χ0v) is 8.89. The van der Waals surface area contributed by atoms with Crippen LogP contribution in [0, 0.1) is 3.57 Å². The number of nitrogens with one attached hydrogen (secondary N) is 1. The fourth-order valence-electron chi connectivity index (χ4n) is 1.59. The van der Waals surface area contributed by atoms with Crippen LogP contribution in [-0.2, 0) is 13.0 Å². The van der Waals surface area contributed by atoms with E-state index in [1.807, 2.05) is 6.07 Å². The normalized spacial score (nSPS) is 15.8. The van der Waals surface area contributed by atoms with Crippen molar-refractivity contribution in [3.63, 3.8) is 0 Å². The Bertz CT molecular complexity index is 310. The summed E-state index contributed by atoms with van der Waals surface area (Å²) >= 11 is 2.36. The molecular formula is C9H11IN2. The lowest BCUT2D eigenvalue weighted by Gasteiger charge is -2.18. The Hall–Kier alpha value is -0.290. The molecule has 0 fully saturated rings. The first kappa shape index (κ1) is 8.31. The molecule has 0 unspecified atom stereocenters. The minimum atomic E-state index is 0.877. The van der Waals surface area contributed by atoms with Gasteiger partial charge in [-0.3, -0.25) is 0 Å². The second-order valence-electron chi connectivity index (χ2n) is 3.07. The van der Waals surface area contributed by atoms with Crippen LogP contribution in [0.15, 0.2) is 12.1 Å². The summed E-state index contributed by atoms with van der Waals surface area (Å²) in [6.45, 7) is 2.06. The molecule has 1 aliphatic heterocycles. The second-order valence-corrected chi connectivity index (χ2v) is 4.23. The van der Waals surface area contributed by atoms with Gasteiger partial charge in [-0.2, -0.15) is 0 Å². The molecule has 0 saturated carbocycles. The zero-order chi connectivity index (χ0) is 8.55. The van der Waals surface area contributed by atoms with Crippen LogP contribution < -0.4 is 11.1 Å². The maximum absolute atomic E-state index is 5.75. The van der Waals surface area contributed by atoms with Gasteiger partial charge in [-0.1, -0.05) is 0 Å². The van der Waals surface area contributed by atoms with Crippen molar-refractivity contribution >= 4 is 28.3 Å². The molecule has 0 aliphatic carbocycles. The molecule has 1 aliphatic rings. The molecule has 3 heteroatoms. The van der Waals surface area contributed by atoms with Crippen LogP contribution in [-0.4, -0.2) is 6.54 Å². The van der Waals surface area contributed by atoms with E-state index in [2.05, 4.69) is 34.0 Å². The Kier molecular flexibility index (Phi) is 2.23. The number of nitrogens with two attached hydrogens (primary N) is 1. The number of hydrogen-bond donors (Lipinski definition) is 2. The van der Waals surface area contributed by atoms with Gasteiger partial charge in [0, 0.05) is 15.8 Å². The maximum atomic E-state index is 5.75. The summed E-state index contributed by atoms with van der Waals surface area (Å²) in [5.74, 6) is 0. The van der Waals surface area contributed by atoms with Crippen LogP contribution in [0.25, 0.3) is 0 Å². The summed E-state index contributed by atoms with van der Waals surface area (Å²) in [5.41, 5.74) is 9.47. The predicted molar refractivity (Wildman–Crippen MR) is 59.0 cm³/mol. The van der Waals surface area contributed by atoms with Gasteiger partial charge < -0.3 is 11.1 Å². The summed E-state index contributed by atoms with van der Waals surface area (Å²) < 4.78 is 1.31. The molecule has 2 rings (SSSR count). The summed E-state index contributed by atoms with van der Waals surface area (Å²) in [6, 6.07) is 4.12. The van der Waals surface area contributed by atoms with E-state index in [1.165, 1.54) is 14.7 Å². The van der Waals surface area contributed by atoms with E-state index in [9.17, 15) is 0 Å². The second kappa shape index (κ2) is 3.22. The van der Waals surface area contributed by atoms with Gasteiger partial charge in [0.15, 0.2) is 0 Å². The van der Waals surface area contributed by atoms with Crippen LogP contribution in [0.1, 0.15) is 11.1 Å². The van der Waals surface area contributed by atoms with Gasteiger partial charge >= 0.3 is 0 Å². The molecule has 1 aromatic carbocycles. The van der Waals surface area contributed by atoms with Crippen LogP contribution in [0.5, 0.6) is 0 Å². The third kappa shape index (κ3) is 1.43. The van der Waals surface area contributed by atoms with Gasteiger partial charge in [0.25, 0.3) is 0 Å². The number of rotatable bonds is 0. The van der Waals surface area contributed by atoms with E-state index in [1.54, 1.807) is 0 Å². The van der Waals surface area contributed by atoms with Gasteiger partial charge in [0.1, 0.15) is 0 Å². The maximum Gasteiger partial charge on any atom is 0.0328 e. The molecule has 0 spiro atoms. The number of nitrogen functional groups attached to an aromatic ring is 1. The molecule has 2 nitrogen and oxygen atoms in total. The first-order valence-corrected chi connectivity index (χ1v) is 5.13. The highest BCUT2D eigenvalue weighted by Gasteiger charge is 2.11. The van der Waals surface area contributed by atoms with E-state index in [0.29, 0.717) is 0 Å². The van der Waals surface area contributed by atoms with Crippen molar-refractivity contribution < 1.29 is 0 Å². The molecule has 64 valence electrons. The standard InChI is InChI=1S/C9H11IN2/c10-9-4-7(11)3-6-5-12-2-1-8(6)9/h3-4,12H,1-2,5,11H2. The van der Waals surface area contributed by atoms with Gasteiger partial charge in [-0.15, -0.1) is 0 Å².